The molecule has 0 bridgehead atoms. The van der Waals surface area contributed by atoms with E-state index in [4.69, 9.17) is 0 Å². The Labute approximate surface area is 86.4 Å². The van der Waals surface area contributed by atoms with Crippen molar-refractivity contribution in [2.24, 2.45) is 5.92 Å². The molecule has 0 aromatic heterocycles. The van der Waals surface area contributed by atoms with Gasteiger partial charge in [-0.15, -0.1) is 0 Å². The smallest absolute Gasteiger partial charge is 0.224 e. The highest BCUT2D eigenvalue weighted by Crippen LogP contribution is 2.03. The number of allylic oxidation sites excluding steroid dienone is 3. The number of hydrogen-bond acceptors (Lipinski definition) is 1. The summed E-state index contributed by atoms with van der Waals surface area (Å²) in [5.74, 6) is 0.586. The molecule has 0 unspecified atom stereocenters. The lowest BCUT2D eigenvalue weighted by molar-refractivity contribution is -0.120. The van der Waals surface area contributed by atoms with Gasteiger partial charge in [0, 0.05) is 12.1 Å². The first kappa shape index (κ1) is 12.7. The van der Waals surface area contributed by atoms with Gasteiger partial charge in [0.15, 0.2) is 0 Å². The molecule has 1 N–H and O–H groups in total. The topological polar surface area (TPSA) is 29.1 Å². The molecular weight excluding hydrogens is 174 g/mol. The van der Waals surface area contributed by atoms with Crippen LogP contribution in [0.2, 0.25) is 0 Å². The molecule has 0 radical (unpaired) electrons. The molecule has 0 saturated carbocycles. The zero-order valence-electron chi connectivity index (χ0n) is 9.05. The largest absolute Gasteiger partial charge is 0.326 e. The summed E-state index contributed by atoms with van der Waals surface area (Å²) >= 11 is 0. The molecule has 14 heavy (non-hydrogen) atoms. The molecule has 1 amide bonds. The minimum absolute atomic E-state index is 0.0340. The summed E-state index contributed by atoms with van der Waals surface area (Å²) in [6.45, 7) is 11.3. The second-order valence-corrected chi connectivity index (χ2v) is 3.54. The van der Waals surface area contributed by atoms with Gasteiger partial charge in [0.05, 0.1) is 0 Å². The molecule has 78 valence electrons. The zero-order chi connectivity index (χ0) is 11.0. The fourth-order valence-electron chi connectivity index (χ4n) is 0.931. The van der Waals surface area contributed by atoms with Gasteiger partial charge in [-0.1, -0.05) is 33.1 Å². The first-order valence-electron chi connectivity index (χ1n) is 4.85. The highest BCUT2D eigenvalue weighted by atomic mass is 16.1. The number of carbonyl (C=O) groups is 1. The molecule has 0 heterocycles. The van der Waals surface area contributed by atoms with E-state index in [1.54, 1.807) is 18.2 Å². The Balaban J connectivity index is 3.97. The van der Waals surface area contributed by atoms with Gasteiger partial charge < -0.3 is 5.32 Å². The summed E-state index contributed by atoms with van der Waals surface area (Å²) in [6, 6.07) is 0. The maximum atomic E-state index is 11.4. The Hall–Kier alpha value is -1.31. The van der Waals surface area contributed by atoms with Crippen LogP contribution in [0.3, 0.4) is 0 Å². The van der Waals surface area contributed by atoms with Crippen LogP contribution in [0, 0.1) is 5.92 Å². The first-order chi connectivity index (χ1) is 6.60. The minimum atomic E-state index is 0.0340. The van der Waals surface area contributed by atoms with Crippen molar-refractivity contribution in [3.05, 3.63) is 37.1 Å². The second-order valence-electron chi connectivity index (χ2n) is 3.54. The van der Waals surface area contributed by atoms with Crippen molar-refractivity contribution < 1.29 is 4.79 Å². The summed E-state index contributed by atoms with van der Waals surface area (Å²) in [7, 11) is 0. The van der Waals surface area contributed by atoms with Crippen LogP contribution >= 0.6 is 0 Å². The van der Waals surface area contributed by atoms with E-state index < -0.39 is 0 Å². The maximum absolute atomic E-state index is 11.4. The molecule has 2 nitrogen and oxygen atoms in total. The van der Waals surface area contributed by atoms with E-state index in [9.17, 15) is 4.79 Å². The lowest BCUT2D eigenvalue weighted by Gasteiger charge is -2.06. The van der Waals surface area contributed by atoms with Crippen LogP contribution in [0.25, 0.3) is 0 Å². The monoisotopic (exact) mass is 193 g/mol. The van der Waals surface area contributed by atoms with Gasteiger partial charge >= 0.3 is 0 Å². The Morgan fingerprint density at radius 1 is 1.43 bits per heavy atom. The molecule has 0 aliphatic rings. The van der Waals surface area contributed by atoms with Gasteiger partial charge in [-0.25, -0.2) is 0 Å². The number of amides is 1. The summed E-state index contributed by atoms with van der Waals surface area (Å²) in [4.78, 5) is 11.4. The SMILES string of the molecule is C=C/C=C(\C=C)NC(=O)CCC(C)C. The van der Waals surface area contributed by atoms with Gasteiger partial charge in [-0.05, 0) is 24.5 Å². The molecular formula is C12H19NO. The van der Waals surface area contributed by atoms with Crippen LogP contribution in [0.4, 0.5) is 0 Å². The van der Waals surface area contributed by atoms with Crippen molar-refractivity contribution in [3.63, 3.8) is 0 Å². The number of rotatable bonds is 6. The van der Waals surface area contributed by atoms with E-state index in [1.807, 2.05) is 0 Å². The molecule has 0 spiro atoms. The number of nitrogens with one attached hydrogen (secondary N) is 1. The fraction of sp³-hybridized carbons (Fsp3) is 0.417. The summed E-state index contributed by atoms with van der Waals surface area (Å²) in [6.07, 6.45) is 6.42. The lowest BCUT2D eigenvalue weighted by Crippen LogP contribution is -2.21. The van der Waals surface area contributed by atoms with Gasteiger partial charge in [0.1, 0.15) is 0 Å². The summed E-state index contributed by atoms with van der Waals surface area (Å²) in [5.41, 5.74) is 0.703. The van der Waals surface area contributed by atoms with E-state index in [1.165, 1.54) is 0 Å². The van der Waals surface area contributed by atoms with Crippen molar-refractivity contribution in [2.75, 3.05) is 0 Å². The molecule has 0 saturated heterocycles. The molecule has 0 fully saturated rings. The second kappa shape index (κ2) is 7.13. The average Bonchev–Trinajstić information content (AvgIpc) is 2.14. The van der Waals surface area contributed by atoms with Crippen LogP contribution in [0.5, 0.6) is 0 Å². The molecule has 0 aromatic carbocycles. The normalized spacial score (nSPS) is 11.2. The van der Waals surface area contributed by atoms with Gasteiger partial charge in [0.25, 0.3) is 0 Å². The van der Waals surface area contributed by atoms with Crippen LogP contribution in [-0.4, -0.2) is 5.91 Å². The van der Waals surface area contributed by atoms with Gasteiger partial charge in [0.2, 0.25) is 5.91 Å². The van der Waals surface area contributed by atoms with Gasteiger partial charge in [-0.2, -0.15) is 0 Å². The predicted molar refractivity (Wildman–Crippen MR) is 60.7 cm³/mol. The Bertz CT molecular complexity index is 239. The number of carbonyl (C=O) groups excluding carboxylic acids is 1. The minimum Gasteiger partial charge on any atom is -0.326 e. The van der Waals surface area contributed by atoms with Crippen molar-refractivity contribution >= 4 is 5.91 Å². The standard InChI is InChI=1S/C12H19NO/c1-5-7-11(6-2)13-12(14)9-8-10(3)4/h5-7,10H,1-2,8-9H2,3-4H3,(H,13,14)/b11-7+. The highest BCUT2D eigenvalue weighted by Gasteiger charge is 2.03. The predicted octanol–water partition coefficient (Wildman–Crippen LogP) is 2.79. The van der Waals surface area contributed by atoms with Crippen molar-refractivity contribution in [3.8, 4) is 0 Å². The van der Waals surface area contributed by atoms with E-state index in [-0.39, 0.29) is 5.91 Å². The van der Waals surface area contributed by atoms with E-state index in [0.29, 0.717) is 18.0 Å². The van der Waals surface area contributed by atoms with Crippen molar-refractivity contribution in [1.82, 2.24) is 5.32 Å². The summed E-state index contributed by atoms with van der Waals surface area (Å²) in [5, 5.41) is 2.76. The van der Waals surface area contributed by atoms with Crippen LogP contribution in [0.1, 0.15) is 26.7 Å². The lowest BCUT2D eigenvalue weighted by atomic mass is 10.1. The fourth-order valence-corrected chi connectivity index (χ4v) is 0.931. The molecule has 0 aliphatic heterocycles. The summed E-state index contributed by atoms with van der Waals surface area (Å²) < 4.78 is 0. The third-order valence-corrected chi connectivity index (χ3v) is 1.75. The highest BCUT2D eigenvalue weighted by molar-refractivity contribution is 5.78. The van der Waals surface area contributed by atoms with Crippen molar-refractivity contribution in [1.29, 1.82) is 0 Å². The Morgan fingerprint density at radius 2 is 2.07 bits per heavy atom. The average molecular weight is 193 g/mol. The zero-order valence-corrected chi connectivity index (χ0v) is 9.05. The van der Waals surface area contributed by atoms with Crippen LogP contribution in [-0.2, 0) is 4.79 Å². The third-order valence-electron chi connectivity index (χ3n) is 1.75. The quantitative estimate of drug-likeness (QED) is 0.646. The third kappa shape index (κ3) is 6.23. The van der Waals surface area contributed by atoms with Crippen LogP contribution in [0.15, 0.2) is 37.1 Å². The Kier molecular flexibility index (Phi) is 6.46. The van der Waals surface area contributed by atoms with E-state index in [0.717, 1.165) is 6.42 Å². The van der Waals surface area contributed by atoms with Gasteiger partial charge in [-0.3, -0.25) is 4.79 Å². The van der Waals surface area contributed by atoms with Crippen LogP contribution < -0.4 is 5.32 Å². The van der Waals surface area contributed by atoms with E-state index in [2.05, 4.69) is 32.3 Å². The van der Waals surface area contributed by atoms with Crippen molar-refractivity contribution in [2.45, 2.75) is 26.7 Å². The first-order valence-corrected chi connectivity index (χ1v) is 4.85. The molecule has 0 aromatic rings. The molecule has 0 atom stereocenters. The molecule has 0 rings (SSSR count). The maximum Gasteiger partial charge on any atom is 0.224 e. The Morgan fingerprint density at radius 3 is 2.50 bits per heavy atom. The molecule has 2 heteroatoms. The number of hydrogen-bond donors (Lipinski definition) is 1. The molecule has 0 aliphatic carbocycles. The van der Waals surface area contributed by atoms with E-state index >= 15 is 0 Å².